The van der Waals surface area contributed by atoms with Crippen molar-refractivity contribution in [3.63, 3.8) is 0 Å². The van der Waals surface area contributed by atoms with Gasteiger partial charge in [0.1, 0.15) is 6.04 Å². The first-order valence-corrected chi connectivity index (χ1v) is 14.1. The standard InChI is InChI=1S/C23H27Cl4N3O4S/c1-4-20(23(32)28-2)29(14-15-7-8-16(24)12-19(15)27)22(31)6-5-11-30(35(3,33)34)21-13-17(25)9-10-18(21)26/h7-10,12-13,20H,4-6,11,14H2,1-3H3,(H,28,32)/t20-/m0/s1. The minimum Gasteiger partial charge on any atom is -0.357 e. The molecule has 1 atom stereocenters. The fourth-order valence-corrected chi connectivity index (χ4v) is 5.45. The molecule has 7 nitrogen and oxygen atoms in total. The van der Waals surface area contributed by atoms with Crippen LogP contribution in [0.2, 0.25) is 20.1 Å². The molecule has 35 heavy (non-hydrogen) atoms. The van der Waals surface area contributed by atoms with Gasteiger partial charge in [-0.1, -0.05) is 59.4 Å². The number of benzene rings is 2. The van der Waals surface area contributed by atoms with Crippen LogP contribution in [0, 0.1) is 0 Å². The maximum atomic E-state index is 13.3. The minimum atomic E-state index is -3.70. The second kappa shape index (κ2) is 13.0. The first-order chi connectivity index (χ1) is 16.4. The molecule has 192 valence electrons. The number of halogens is 4. The second-order valence-electron chi connectivity index (χ2n) is 7.83. The van der Waals surface area contributed by atoms with Crippen LogP contribution in [0.15, 0.2) is 36.4 Å². The molecule has 1 N–H and O–H groups in total. The van der Waals surface area contributed by atoms with Gasteiger partial charge in [0.2, 0.25) is 21.8 Å². The number of rotatable bonds is 11. The molecular weight excluding hydrogens is 556 g/mol. The number of hydrogen-bond donors (Lipinski definition) is 1. The fourth-order valence-electron chi connectivity index (χ4n) is 3.58. The zero-order valence-corrected chi connectivity index (χ0v) is 23.4. The van der Waals surface area contributed by atoms with E-state index in [1.165, 1.54) is 24.1 Å². The van der Waals surface area contributed by atoms with Gasteiger partial charge in [0.15, 0.2) is 0 Å². The highest BCUT2D eigenvalue weighted by Gasteiger charge is 2.29. The number of amides is 2. The van der Waals surface area contributed by atoms with Crippen molar-refractivity contribution in [1.82, 2.24) is 10.2 Å². The maximum Gasteiger partial charge on any atom is 0.242 e. The molecule has 0 radical (unpaired) electrons. The van der Waals surface area contributed by atoms with Crippen LogP contribution in [0.5, 0.6) is 0 Å². The summed E-state index contributed by atoms with van der Waals surface area (Å²) in [4.78, 5) is 27.3. The van der Waals surface area contributed by atoms with Crippen LogP contribution in [0.25, 0.3) is 0 Å². The molecule has 0 spiro atoms. The molecule has 0 aliphatic carbocycles. The Morgan fingerprint density at radius 2 is 1.63 bits per heavy atom. The van der Waals surface area contributed by atoms with E-state index in [9.17, 15) is 18.0 Å². The molecule has 2 aromatic carbocycles. The zero-order valence-electron chi connectivity index (χ0n) is 19.5. The average Bonchev–Trinajstić information content (AvgIpc) is 2.78. The highest BCUT2D eigenvalue weighted by atomic mass is 35.5. The summed E-state index contributed by atoms with van der Waals surface area (Å²) < 4.78 is 26.0. The number of nitrogens with zero attached hydrogens (tertiary/aromatic N) is 2. The van der Waals surface area contributed by atoms with Crippen LogP contribution in [0.3, 0.4) is 0 Å². The highest BCUT2D eigenvalue weighted by molar-refractivity contribution is 7.92. The van der Waals surface area contributed by atoms with Crippen molar-refractivity contribution in [3.05, 3.63) is 62.1 Å². The summed E-state index contributed by atoms with van der Waals surface area (Å²) in [7, 11) is -2.20. The van der Waals surface area contributed by atoms with Gasteiger partial charge in [-0.2, -0.15) is 0 Å². The normalized spacial score (nSPS) is 12.2. The van der Waals surface area contributed by atoms with Gasteiger partial charge in [-0.25, -0.2) is 8.42 Å². The van der Waals surface area contributed by atoms with E-state index in [0.29, 0.717) is 27.1 Å². The van der Waals surface area contributed by atoms with Crippen molar-refractivity contribution in [3.8, 4) is 0 Å². The number of nitrogens with one attached hydrogen (secondary N) is 1. The van der Waals surface area contributed by atoms with E-state index in [0.717, 1.165) is 10.6 Å². The van der Waals surface area contributed by atoms with Crippen LogP contribution in [0.4, 0.5) is 5.69 Å². The van der Waals surface area contributed by atoms with E-state index in [2.05, 4.69) is 5.32 Å². The summed E-state index contributed by atoms with van der Waals surface area (Å²) in [6, 6.07) is 8.73. The van der Waals surface area contributed by atoms with Crippen LogP contribution >= 0.6 is 46.4 Å². The molecule has 0 heterocycles. The topological polar surface area (TPSA) is 86.8 Å². The monoisotopic (exact) mass is 581 g/mol. The summed E-state index contributed by atoms with van der Waals surface area (Å²) in [5, 5.41) is 3.96. The largest absolute Gasteiger partial charge is 0.357 e. The van der Waals surface area contributed by atoms with Gasteiger partial charge in [0.05, 0.1) is 17.0 Å². The van der Waals surface area contributed by atoms with Crippen molar-refractivity contribution in [2.24, 2.45) is 0 Å². The fraction of sp³-hybridized carbons (Fsp3) is 0.391. The van der Waals surface area contributed by atoms with Gasteiger partial charge in [-0.15, -0.1) is 0 Å². The highest BCUT2D eigenvalue weighted by Crippen LogP contribution is 2.31. The van der Waals surface area contributed by atoms with Gasteiger partial charge >= 0.3 is 0 Å². The maximum absolute atomic E-state index is 13.3. The van der Waals surface area contributed by atoms with Gasteiger partial charge in [0, 0.05) is 41.6 Å². The number of hydrogen-bond acceptors (Lipinski definition) is 4. The minimum absolute atomic E-state index is 0.00303. The number of sulfonamides is 1. The lowest BCUT2D eigenvalue weighted by Gasteiger charge is -2.31. The molecule has 0 saturated heterocycles. The lowest BCUT2D eigenvalue weighted by molar-refractivity contribution is -0.141. The Labute approximate surface area is 226 Å². The van der Waals surface area contributed by atoms with E-state index < -0.39 is 16.1 Å². The Morgan fingerprint density at radius 3 is 2.20 bits per heavy atom. The third-order valence-electron chi connectivity index (χ3n) is 5.32. The first-order valence-electron chi connectivity index (χ1n) is 10.8. The van der Waals surface area contributed by atoms with E-state index >= 15 is 0 Å². The summed E-state index contributed by atoms with van der Waals surface area (Å²) >= 11 is 24.5. The summed E-state index contributed by atoms with van der Waals surface area (Å²) in [6.07, 6.45) is 1.61. The Hall–Kier alpha value is -1.71. The van der Waals surface area contributed by atoms with Gasteiger partial charge in [0.25, 0.3) is 0 Å². The Morgan fingerprint density at radius 1 is 1.00 bits per heavy atom. The molecule has 0 bridgehead atoms. The van der Waals surface area contributed by atoms with Crippen molar-refractivity contribution >= 4 is 73.9 Å². The second-order valence-corrected chi connectivity index (χ2v) is 11.4. The SMILES string of the molecule is CC[C@@H](C(=O)NC)N(Cc1ccc(Cl)cc1Cl)C(=O)CCCN(c1cc(Cl)ccc1Cl)S(C)(=O)=O. The molecule has 2 aromatic rings. The zero-order chi connectivity index (χ0) is 26.3. The molecule has 0 fully saturated rings. The third kappa shape index (κ3) is 8.15. The summed E-state index contributed by atoms with van der Waals surface area (Å²) in [5.74, 6) is -0.633. The van der Waals surface area contributed by atoms with Gasteiger partial charge < -0.3 is 10.2 Å². The van der Waals surface area contributed by atoms with Crippen LogP contribution in [-0.4, -0.2) is 51.0 Å². The van der Waals surface area contributed by atoms with Crippen LogP contribution in [0.1, 0.15) is 31.7 Å². The lowest BCUT2D eigenvalue weighted by atomic mass is 10.1. The van der Waals surface area contributed by atoms with E-state index in [1.54, 1.807) is 31.2 Å². The van der Waals surface area contributed by atoms with Gasteiger partial charge in [-0.05, 0) is 48.7 Å². The number of carbonyl (C=O) groups excluding carboxylic acids is 2. The summed E-state index contributed by atoms with van der Waals surface area (Å²) in [6.45, 7) is 1.89. The molecule has 0 aliphatic rings. The smallest absolute Gasteiger partial charge is 0.242 e. The number of carbonyl (C=O) groups is 2. The van der Waals surface area contributed by atoms with Crippen molar-refractivity contribution in [2.75, 3.05) is 24.2 Å². The molecule has 0 saturated carbocycles. The molecule has 2 rings (SSSR count). The predicted molar refractivity (Wildman–Crippen MR) is 143 cm³/mol. The van der Waals surface area contributed by atoms with Crippen molar-refractivity contribution in [1.29, 1.82) is 0 Å². The quantitative estimate of drug-likeness (QED) is 0.384. The van der Waals surface area contributed by atoms with E-state index in [4.69, 9.17) is 46.4 Å². The van der Waals surface area contributed by atoms with E-state index in [1.807, 2.05) is 0 Å². The predicted octanol–water partition coefficient (Wildman–Crippen LogP) is 5.40. The molecule has 0 aromatic heterocycles. The molecule has 12 heteroatoms. The molecule has 0 unspecified atom stereocenters. The number of likely N-dealkylation sites (N-methyl/N-ethyl adjacent to an activating group) is 1. The van der Waals surface area contributed by atoms with E-state index in [-0.39, 0.29) is 48.5 Å². The van der Waals surface area contributed by atoms with Crippen LogP contribution < -0.4 is 9.62 Å². The average molecular weight is 583 g/mol. The van der Waals surface area contributed by atoms with Crippen molar-refractivity contribution < 1.29 is 18.0 Å². The summed E-state index contributed by atoms with van der Waals surface area (Å²) in [5.41, 5.74) is 0.867. The van der Waals surface area contributed by atoms with Crippen molar-refractivity contribution in [2.45, 2.75) is 38.8 Å². The molecular formula is C23H27Cl4N3O4S. The molecule has 0 aliphatic heterocycles. The lowest BCUT2D eigenvalue weighted by Crippen LogP contribution is -2.48. The first kappa shape index (κ1) is 29.5. The Balaban J connectivity index is 2.26. The Kier molecular flexibility index (Phi) is 11.0. The van der Waals surface area contributed by atoms with Gasteiger partial charge in [-0.3, -0.25) is 13.9 Å². The molecule has 2 amide bonds. The number of anilines is 1. The third-order valence-corrected chi connectivity index (χ3v) is 7.64. The van der Waals surface area contributed by atoms with Crippen LogP contribution in [-0.2, 0) is 26.2 Å². The Bertz CT molecular complexity index is 1180.